The van der Waals surface area contributed by atoms with Crippen molar-refractivity contribution in [2.24, 2.45) is 0 Å². The molecular formula is C14H17N3O6. The summed E-state index contributed by atoms with van der Waals surface area (Å²) >= 11 is 0. The van der Waals surface area contributed by atoms with Gasteiger partial charge in [0, 0.05) is 7.05 Å². The van der Waals surface area contributed by atoms with Gasteiger partial charge in [-0.1, -0.05) is 30.3 Å². The SMILES string of the molecule is CN(O)C(=O)CN1OCC(NC(=O)OCc2ccccc2)C1=O. The van der Waals surface area contributed by atoms with Crippen LogP contribution in [-0.4, -0.2) is 59.5 Å². The number of likely N-dealkylation sites (N-methyl/N-ethyl adjacent to an activating group) is 1. The van der Waals surface area contributed by atoms with Crippen LogP contribution in [0.1, 0.15) is 5.56 Å². The van der Waals surface area contributed by atoms with E-state index < -0.39 is 30.5 Å². The predicted octanol–water partition coefficient (Wildman–Crippen LogP) is -0.0972. The summed E-state index contributed by atoms with van der Waals surface area (Å²) in [6.45, 7) is -0.475. The molecule has 124 valence electrons. The fourth-order valence-corrected chi connectivity index (χ4v) is 1.83. The molecular weight excluding hydrogens is 306 g/mol. The second kappa shape index (κ2) is 7.56. The second-order valence-electron chi connectivity index (χ2n) is 4.85. The van der Waals surface area contributed by atoms with E-state index in [0.717, 1.165) is 17.7 Å². The molecule has 2 N–H and O–H groups in total. The number of carbonyl (C=O) groups excluding carboxylic acids is 3. The summed E-state index contributed by atoms with van der Waals surface area (Å²) in [4.78, 5) is 40.0. The summed E-state index contributed by atoms with van der Waals surface area (Å²) in [6.07, 6.45) is -0.761. The lowest BCUT2D eigenvalue weighted by molar-refractivity contribution is -0.181. The average molecular weight is 323 g/mol. The Kier molecular flexibility index (Phi) is 5.50. The lowest BCUT2D eigenvalue weighted by atomic mass is 10.2. The average Bonchev–Trinajstić information content (AvgIpc) is 2.87. The standard InChI is InChI=1S/C14H17N3O6/c1-16(21)12(18)7-17-13(19)11(9-23-17)15-14(20)22-8-10-5-3-2-4-6-10/h2-6,11,21H,7-9H2,1H3,(H,15,20). The van der Waals surface area contributed by atoms with E-state index in [9.17, 15) is 14.4 Å². The van der Waals surface area contributed by atoms with Crippen molar-refractivity contribution in [2.45, 2.75) is 12.6 Å². The summed E-state index contributed by atoms with van der Waals surface area (Å²) in [6, 6.07) is 8.15. The molecule has 3 amide bonds. The lowest BCUT2D eigenvalue weighted by Gasteiger charge is -2.16. The number of alkyl carbamates (subject to hydrolysis) is 1. The fraction of sp³-hybridized carbons (Fsp3) is 0.357. The minimum atomic E-state index is -0.935. The van der Waals surface area contributed by atoms with Crippen LogP contribution in [-0.2, 0) is 25.8 Å². The lowest BCUT2D eigenvalue weighted by Crippen LogP contribution is -2.44. The van der Waals surface area contributed by atoms with Crippen molar-refractivity contribution in [3.8, 4) is 0 Å². The van der Waals surface area contributed by atoms with E-state index >= 15 is 0 Å². The first-order valence-electron chi connectivity index (χ1n) is 6.84. The predicted molar refractivity (Wildman–Crippen MR) is 75.8 cm³/mol. The van der Waals surface area contributed by atoms with Crippen LogP contribution < -0.4 is 5.32 Å². The molecule has 0 saturated carbocycles. The van der Waals surface area contributed by atoms with Crippen LogP contribution in [0.2, 0.25) is 0 Å². The number of amides is 3. The summed E-state index contributed by atoms with van der Waals surface area (Å²) in [5.74, 6) is -1.30. The van der Waals surface area contributed by atoms with Crippen molar-refractivity contribution in [1.29, 1.82) is 0 Å². The summed E-state index contributed by atoms with van der Waals surface area (Å²) in [5, 5.41) is 12.5. The highest BCUT2D eigenvalue weighted by molar-refractivity contribution is 5.89. The van der Waals surface area contributed by atoms with E-state index in [1.165, 1.54) is 0 Å². The number of carbonyl (C=O) groups is 3. The van der Waals surface area contributed by atoms with Gasteiger partial charge in [0.25, 0.3) is 11.8 Å². The van der Waals surface area contributed by atoms with Crippen LogP contribution in [0, 0.1) is 0 Å². The van der Waals surface area contributed by atoms with Crippen LogP contribution in [0.4, 0.5) is 4.79 Å². The third-order valence-corrected chi connectivity index (χ3v) is 3.09. The summed E-state index contributed by atoms with van der Waals surface area (Å²) in [5.41, 5.74) is 0.815. The van der Waals surface area contributed by atoms with Gasteiger partial charge in [0.2, 0.25) is 0 Å². The highest BCUT2D eigenvalue weighted by atomic mass is 16.7. The monoisotopic (exact) mass is 323 g/mol. The van der Waals surface area contributed by atoms with Crippen LogP contribution in [0.3, 0.4) is 0 Å². The Morgan fingerprint density at radius 3 is 2.78 bits per heavy atom. The molecule has 1 saturated heterocycles. The van der Waals surface area contributed by atoms with Crippen molar-refractivity contribution in [2.75, 3.05) is 20.2 Å². The molecule has 0 bridgehead atoms. The molecule has 1 aromatic rings. The molecule has 0 radical (unpaired) electrons. The molecule has 2 rings (SSSR count). The van der Waals surface area contributed by atoms with Gasteiger partial charge in [-0.2, -0.15) is 0 Å². The third-order valence-electron chi connectivity index (χ3n) is 3.09. The van der Waals surface area contributed by atoms with Crippen molar-refractivity contribution < 1.29 is 29.2 Å². The van der Waals surface area contributed by atoms with Gasteiger partial charge in [-0.3, -0.25) is 19.6 Å². The summed E-state index contributed by atoms with van der Waals surface area (Å²) in [7, 11) is 1.14. The van der Waals surface area contributed by atoms with Gasteiger partial charge in [0.15, 0.2) is 0 Å². The molecule has 1 heterocycles. The minimum absolute atomic E-state index is 0.0753. The number of hydrogen-bond acceptors (Lipinski definition) is 6. The molecule has 1 aliphatic rings. The number of nitrogens with zero attached hydrogens (tertiary/aromatic N) is 2. The summed E-state index contributed by atoms with van der Waals surface area (Å²) < 4.78 is 5.00. The van der Waals surface area contributed by atoms with E-state index in [1.54, 1.807) is 12.1 Å². The zero-order valence-corrected chi connectivity index (χ0v) is 12.5. The van der Waals surface area contributed by atoms with Crippen LogP contribution in [0.25, 0.3) is 0 Å². The van der Waals surface area contributed by atoms with Crippen LogP contribution in [0.5, 0.6) is 0 Å². The van der Waals surface area contributed by atoms with Crippen molar-refractivity contribution in [3.63, 3.8) is 0 Å². The molecule has 1 atom stereocenters. The van der Waals surface area contributed by atoms with Gasteiger partial charge < -0.3 is 10.1 Å². The van der Waals surface area contributed by atoms with Crippen molar-refractivity contribution in [3.05, 3.63) is 35.9 Å². The Balaban J connectivity index is 1.78. The maximum atomic E-state index is 12.0. The zero-order chi connectivity index (χ0) is 16.8. The Hall–Kier alpha value is -2.65. The van der Waals surface area contributed by atoms with Gasteiger partial charge >= 0.3 is 6.09 Å². The van der Waals surface area contributed by atoms with E-state index in [4.69, 9.17) is 14.8 Å². The maximum absolute atomic E-state index is 12.0. The first kappa shape index (κ1) is 16.7. The number of hydroxylamine groups is 4. The fourth-order valence-electron chi connectivity index (χ4n) is 1.83. The Labute approximate surface area is 132 Å². The van der Waals surface area contributed by atoms with E-state index in [1.807, 2.05) is 18.2 Å². The maximum Gasteiger partial charge on any atom is 0.408 e. The first-order chi connectivity index (χ1) is 11.0. The number of rotatable bonds is 5. The quantitative estimate of drug-likeness (QED) is 0.579. The van der Waals surface area contributed by atoms with E-state index in [0.29, 0.717) is 5.06 Å². The van der Waals surface area contributed by atoms with Gasteiger partial charge in [-0.25, -0.2) is 14.9 Å². The third kappa shape index (κ3) is 4.66. The second-order valence-corrected chi connectivity index (χ2v) is 4.85. The molecule has 1 fully saturated rings. The Morgan fingerprint density at radius 1 is 1.43 bits per heavy atom. The molecule has 0 spiro atoms. The minimum Gasteiger partial charge on any atom is -0.445 e. The van der Waals surface area contributed by atoms with Gasteiger partial charge in [-0.15, -0.1) is 0 Å². The smallest absolute Gasteiger partial charge is 0.408 e. The molecule has 23 heavy (non-hydrogen) atoms. The number of nitrogens with one attached hydrogen (secondary N) is 1. The Bertz CT molecular complexity index is 577. The molecule has 0 aliphatic carbocycles. The van der Waals surface area contributed by atoms with Crippen molar-refractivity contribution >= 4 is 17.9 Å². The van der Waals surface area contributed by atoms with Gasteiger partial charge in [-0.05, 0) is 5.56 Å². The topological polar surface area (TPSA) is 108 Å². The van der Waals surface area contributed by atoms with Crippen LogP contribution in [0.15, 0.2) is 30.3 Å². The number of hydrogen-bond donors (Lipinski definition) is 2. The zero-order valence-electron chi connectivity index (χ0n) is 12.5. The number of ether oxygens (including phenoxy) is 1. The molecule has 0 aromatic heterocycles. The van der Waals surface area contributed by atoms with Crippen LogP contribution >= 0.6 is 0 Å². The molecule has 9 nitrogen and oxygen atoms in total. The van der Waals surface area contributed by atoms with Gasteiger partial charge in [0.05, 0.1) is 0 Å². The first-order valence-corrected chi connectivity index (χ1v) is 6.84. The van der Waals surface area contributed by atoms with Crippen molar-refractivity contribution in [1.82, 2.24) is 15.4 Å². The van der Waals surface area contributed by atoms with E-state index in [-0.39, 0.29) is 13.2 Å². The highest BCUT2D eigenvalue weighted by Gasteiger charge is 2.36. The molecule has 1 unspecified atom stereocenters. The Morgan fingerprint density at radius 2 is 2.13 bits per heavy atom. The van der Waals surface area contributed by atoms with Gasteiger partial charge in [0.1, 0.15) is 25.8 Å². The highest BCUT2D eigenvalue weighted by Crippen LogP contribution is 2.09. The number of benzene rings is 1. The molecule has 1 aromatic carbocycles. The van der Waals surface area contributed by atoms with E-state index in [2.05, 4.69) is 5.32 Å². The largest absolute Gasteiger partial charge is 0.445 e. The molecule has 9 heteroatoms. The molecule has 1 aliphatic heterocycles. The normalized spacial score (nSPS) is 17.0.